The number of aryl methyl sites for hydroxylation is 2. The van der Waals surface area contributed by atoms with Gasteiger partial charge in [0.2, 0.25) is 0 Å². The van der Waals surface area contributed by atoms with Gasteiger partial charge < -0.3 is 4.98 Å². The monoisotopic (exact) mass is 261 g/mol. The summed E-state index contributed by atoms with van der Waals surface area (Å²) in [5, 5.41) is 2.61. The summed E-state index contributed by atoms with van der Waals surface area (Å²) in [6.45, 7) is 10.4. The van der Waals surface area contributed by atoms with Crippen molar-refractivity contribution in [3.8, 4) is 0 Å². The molecule has 2 aromatic carbocycles. The first-order valence-electron chi connectivity index (χ1n) is 6.97. The van der Waals surface area contributed by atoms with Crippen LogP contribution >= 0.6 is 0 Å². The summed E-state index contributed by atoms with van der Waals surface area (Å²) in [6, 6.07) is 8.49. The maximum atomic E-state index is 4.00. The van der Waals surface area contributed by atoms with Crippen LogP contribution < -0.4 is 0 Å². The zero-order valence-corrected chi connectivity index (χ0v) is 12.2. The lowest BCUT2D eigenvalue weighted by Crippen LogP contribution is -1.93. The Balaban J connectivity index is 2.60. The van der Waals surface area contributed by atoms with E-state index in [9.17, 15) is 0 Å². The Bertz CT molecular complexity index is 847. The fraction of sp³-hybridized carbons (Fsp3) is 0.158. The van der Waals surface area contributed by atoms with Crippen molar-refractivity contribution in [2.75, 3.05) is 0 Å². The summed E-state index contributed by atoms with van der Waals surface area (Å²) in [5.41, 5.74) is 7.52. The van der Waals surface area contributed by atoms with Crippen LogP contribution in [0.25, 0.3) is 34.0 Å². The zero-order valence-electron chi connectivity index (χ0n) is 12.2. The second-order valence-corrected chi connectivity index (χ2v) is 5.20. The molecule has 1 N–H and O–H groups in total. The van der Waals surface area contributed by atoms with Gasteiger partial charge in [-0.15, -0.1) is 0 Å². The molecule has 0 bridgehead atoms. The van der Waals surface area contributed by atoms with Gasteiger partial charge in [-0.05, 0) is 49.1 Å². The van der Waals surface area contributed by atoms with Gasteiger partial charge in [0.05, 0.1) is 5.52 Å². The Kier molecular flexibility index (Phi) is 2.98. The van der Waals surface area contributed by atoms with E-state index in [0.29, 0.717) is 0 Å². The molecule has 1 nitrogen and oxygen atoms in total. The highest BCUT2D eigenvalue weighted by Crippen LogP contribution is 2.36. The number of rotatable bonds is 2. The summed E-state index contributed by atoms with van der Waals surface area (Å²) >= 11 is 0. The number of fused-ring (bicyclic) bond motifs is 3. The van der Waals surface area contributed by atoms with Crippen molar-refractivity contribution in [2.45, 2.75) is 20.8 Å². The molecule has 0 radical (unpaired) electrons. The highest BCUT2D eigenvalue weighted by molar-refractivity contribution is 6.11. The molecule has 0 aliphatic carbocycles. The summed E-state index contributed by atoms with van der Waals surface area (Å²) < 4.78 is 0. The first kappa shape index (κ1) is 12.7. The Morgan fingerprint density at radius 2 is 1.80 bits per heavy atom. The molecule has 1 aromatic heterocycles. The molecule has 1 heteroatoms. The van der Waals surface area contributed by atoms with Crippen LogP contribution in [-0.2, 0) is 0 Å². The quantitative estimate of drug-likeness (QED) is 0.616. The second-order valence-electron chi connectivity index (χ2n) is 5.20. The van der Waals surface area contributed by atoms with Crippen LogP contribution in [-0.4, -0.2) is 4.98 Å². The molecule has 0 aliphatic rings. The van der Waals surface area contributed by atoms with Gasteiger partial charge in [-0.25, -0.2) is 0 Å². The van der Waals surface area contributed by atoms with E-state index in [2.05, 4.69) is 68.8 Å². The third-order valence-corrected chi connectivity index (χ3v) is 4.09. The number of hydrogen-bond donors (Lipinski definition) is 1. The zero-order chi connectivity index (χ0) is 14.3. The standard InChI is InChI=1S/C19H19N/c1-5-9-15-13(4)19-18(12(3)14(15)6-2)16-10-7-8-11-17(16)20-19/h5-11,20H,2H2,1,3-4H3/b9-5-. The summed E-state index contributed by atoms with van der Waals surface area (Å²) in [5.74, 6) is 0. The van der Waals surface area contributed by atoms with Crippen LogP contribution in [0.5, 0.6) is 0 Å². The minimum Gasteiger partial charge on any atom is -0.354 e. The van der Waals surface area contributed by atoms with Crippen molar-refractivity contribution in [2.24, 2.45) is 0 Å². The second kappa shape index (κ2) is 4.68. The number of aromatic amines is 1. The lowest BCUT2D eigenvalue weighted by molar-refractivity contribution is 1.38. The fourth-order valence-electron chi connectivity index (χ4n) is 3.13. The molecule has 20 heavy (non-hydrogen) atoms. The molecule has 3 aromatic rings. The van der Waals surface area contributed by atoms with E-state index < -0.39 is 0 Å². The van der Waals surface area contributed by atoms with Gasteiger partial charge in [0.1, 0.15) is 0 Å². The van der Waals surface area contributed by atoms with Crippen LogP contribution in [0.4, 0.5) is 0 Å². The summed E-state index contributed by atoms with van der Waals surface area (Å²) in [4.78, 5) is 3.57. The molecule has 3 rings (SSSR count). The van der Waals surface area contributed by atoms with Crippen molar-refractivity contribution in [1.29, 1.82) is 0 Å². The van der Waals surface area contributed by atoms with Gasteiger partial charge >= 0.3 is 0 Å². The van der Waals surface area contributed by atoms with Crippen LogP contribution in [0.1, 0.15) is 29.2 Å². The lowest BCUT2D eigenvalue weighted by atomic mass is 9.92. The number of hydrogen-bond acceptors (Lipinski definition) is 0. The maximum Gasteiger partial charge on any atom is 0.0503 e. The van der Waals surface area contributed by atoms with Crippen LogP contribution in [0, 0.1) is 13.8 Å². The molecule has 1 heterocycles. The molecule has 0 fully saturated rings. The van der Waals surface area contributed by atoms with Crippen LogP contribution in [0.3, 0.4) is 0 Å². The first-order chi connectivity index (χ1) is 9.69. The summed E-state index contributed by atoms with van der Waals surface area (Å²) in [6.07, 6.45) is 6.23. The number of aromatic nitrogens is 1. The minimum atomic E-state index is 1.20. The number of H-pyrrole nitrogens is 1. The van der Waals surface area contributed by atoms with Crippen LogP contribution in [0.2, 0.25) is 0 Å². The topological polar surface area (TPSA) is 15.8 Å². The number of nitrogens with one attached hydrogen (secondary N) is 1. The fourth-order valence-corrected chi connectivity index (χ4v) is 3.13. The van der Waals surface area contributed by atoms with Gasteiger partial charge in [0, 0.05) is 16.3 Å². The van der Waals surface area contributed by atoms with E-state index in [1.54, 1.807) is 0 Å². The third-order valence-electron chi connectivity index (χ3n) is 4.09. The van der Waals surface area contributed by atoms with Gasteiger partial charge in [0.25, 0.3) is 0 Å². The average Bonchev–Trinajstić information content (AvgIpc) is 2.85. The minimum absolute atomic E-state index is 1.20. The molecular weight excluding hydrogens is 242 g/mol. The van der Waals surface area contributed by atoms with Crippen LogP contribution in [0.15, 0.2) is 36.9 Å². The Morgan fingerprint density at radius 1 is 1.05 bits per heavy atom. The van der Waals surface area contributed by atoms with Gasteiger partial charge in [-0.1, -0.05) is 43.0 Å². The number of benzene rings is 2. The van der Waals surface area contributed by atoms with Crippen molar-refractivity contribution in [3.63, 3.8) is 0 Å². The Labute approximate surface area is 119 Å². The van der Waals surface area contributed by atoms with E-state index in [1.165, 1.54) is 44.1 Å². The molecule has 0 saturated heterocycles. The predicted molar refractivity (Wildman–Crippen MR) is 90.1 cm³/mol. The average molecular weight is 261 g/mol. The highest BCUT2D eigenvalue weighted by Gasteiger charge is 2.15. The van der Waals surface area contributed by atoms with Crippen molar-refractivity contribution in [3.05, 3.63) is 59.2 Å². The number of para-hydroxylation sites is 1. The van der Waals surface area contributed by atoms with Crippen molar-refractivity contribution < 1.29 is 0 Å². The molecular formula is C19H19N. The van der Waals surface area contributed by atoms with Gasteiger partial charge in [0.15, 0.2) is 0 Å². The van der Waals surface area contributed by atoms with Crippen molar-refractivity contribution >= 4 is 34.0 Å². The summed E-state index contributed by atoms with van der Waals surface area (Å²) in [7, 11) is 0. The predicted octanol–water partition coefficient (Wildman–Crippen LogP) is 5.61. The normalized spacial score (nSPS) is 11.8. The molecule has 0 aliphatic heterocycles. The molecule has 0 atom stereocenters. The molecule has 0 unspecified atom stereocenters. The van der Waals surface area contributed by atoms with Crippen molar-refractivity contribution in [1.82, 2.24) is 4.98 Å². The van der Waals surface area contributed by atoms with E-state index >= 15 is 0 Å². The van der Waals surface area contributed by atoms with Gasteiger partial charge in [-0.2, -0.15) is 0 Å². The smallest absolute Gasteiger partial charge is 0.0503 e. The maximum absolute atomic E-state index is 4.00. The largest absolute Gasteiger partial charge is 0.354 e. The van der Waals surface area contributed by atoms with E-state index in [0.717, 1.165) is 0 Å². The van der Waals surface area contributed by atoms with Gasteiger partial charge in [-0.3, -0.25) is 0 Å². The Hall–Kier alpha value is -2.28. The van der Waals surface area contributed by atoms with E-state index in [-0.39, 0.29) is 0 Å². The lowest BCUT2D eigenvalue weighted by Gasteiger charge is -2.12. The number of allylic oxidation sites excluding steroid dienone is 1. The van der Waals surface area contributed by atoms with E-state index in [4.69, 9.17) is 0 Å². The molecule has 0 amide bonds. The first-order valence-corrected chi connectivity index (χ1v) is 6.97. The van der Waals surface area contributed by atoms with E-state index in [1.807, 2.05) is 6.08 Å². The SMILES string of the molecule is C=Cc1c(/C=C\C)c(C)c2[nH]c3ccccc3c2c1C. The Morgan fingerprint density at radius 3 is 2.50 bits per heavy atom. The highest BCUT2D eigenvalue weighted by atomic mass is 14.7. The molecule has 100 valence electrons. The molecule has 0 saturated carbocycles. The third kappa shape index (κ3) is 1.63. The molecule has 0 spiro atoms.